The molecule has 82 heavy (non-hydrogen) atoms. The third kappa shape index (κ3) is 6.40. The maximum absolute atomic E-state index is 7.02. The first-order valence-electron chi connectivity index (χ1n) is 27.8. The second-order valence-electron chi connectivity index (χ2n) is 21.4. The highest BCUT2D eigenvalue weighted by molar-refractivity contribution is 6.33. The molecular formula is C76H44N2O4. The maximum atomic E-state index is 7.02. The topological polar surface area (TPSA) is 59.0 Å². The number of para-hydroxylation sites is 8. The van der Waals surface area contributed by atoms with Gasteiger partial charge in [0.2, 0.25) is 0 Å². The van der Waals surface area contributed by atoms with Crippen LogP contribution in [-0.2, 0) is 0 Å². The van der Waals surface area contributed by atoms with Gasteiger partial charge in [0.25, 0.3) is 0 Å². The number of benzene rings is 14. The highest BCUT2D eigenvalue weighted by Crippen LogP contribution is 2.55. The van der Waals surface area contributed by atoms with Crippen molar-refractivity contribution in [3.63, 3.8) is 0 Å². The van der Waals surface area contributed by atoms with Gasteiger partial charge in [-0.05, 0) is 93.7 Å². The van der Waals surface area contributed by atoms with Crippen molar-refractivity contribution >= 4 is 154 Å². The van der Waals surface area contributed by atoms with Crippen LogP contribution in [0.4, 0.5) is 34.1 Å². The van der Waals surface area contributed by atoms with Crippen molar-refractivity contribution in [2.45, 2.75) is 0 Å². The van der Waals surface area contributed by atoms with Crippen molar-refractivity contribution < 1.29 is 17.7 Å². The molecule has 0 fully saturated rings. The molecule has 18 rings (SSSR count). The lowest BCUT2D eigenvalue weighted by atomic mass is 9.85. The van der Waals surface area contributed by atoms with E-state index < -0.39 is 0 Å². The summed E-state index contributed by atoms with van der Waals surface area (Å²) in [5, 5.41) is 15.0. The molecule has 0 saturated heterocycles. The molecule has 0 spiro atoms. The van der Waals surface area contributed by atoms with Crippen molar-refractivity contribution in [3.8, 4) is 22.3 Å². The van der Waals surface area contributed by atoms with Gasteiger partial charge in [-0.2, -0.15) is 0 Å². The van der Waals surface area contributed by atoms with E-state index in [1.165, 1.54) is 0 Å². The fourth-order valence-electron chi connectivity index (χ4n) is 13.5. The Morgan fingerprint density at radius 1 is 0.195 bits per heavy atom. The molecule has 4 heterocycles. The quantitative estimate of drug-likeness (QED) is 0.141. The van der Waals surface area contributed by atoms with E-state index in [4.69, 9.17) is 17.7 Å². The van der Waals surface area contributed by atoms with Gasteiger partial charge < -0.3 is 27.5 Å². The highest BCUT2D eigenvalue weighted by atomic mass is 16.3. The Kier molecular flexibility index (Phi) is 9.41. The number of hydrogen-bond acceptors (Lipinski definition) is 6. The third-order valence-electron chi connectivity index (χ3n) is 17.0. The fourth-order valence-corrected chi connectivity index (χ4v) is 13.5. The Bertz CT molecular complexity index is 5030. The SMILES string of the molecule is c1ccc(-c2cc(N(c3cccc4c3oc3ccccc34)c3cccc4c3oc3ccccc34)c3ccc4c(-c5ccccc5)cc(N(c5cccc6c5oc5ccccc56)c5cccc6c5oc5ccccc56)c5ccc2c3c45)cc1. The van der Waals surface area contributed by atoms with Crippen LogP contribution in [0.2, 0.25) is 0 Å². The predicted octanol–water partition coefficient (Wildman–Crippen LogP) is 22.5. The summed E-state index contributed by atoms with van der Waals surface area (Å²) >= 11 is 0. The van der Waals surface area contributed by atoms with E-state index in [1.807, 2.05) is 24.3 Å². The van der Waals surface area contributed by atoms with E-state index in [2.05, 4.69) is 252 Å². The molecule has 18 aromatic rings. The molecule has 14 aromatic carbocycles. The smallest absolute Gasteiger partial charge is 0.159 e. The van der Waals surface area contributed by atoms with Crippen molar-refractivity contribution in [3.05, 3.63) is 267 Å². The van der Waals surface area contributed by atoms with Crippen LogP contribution in [0.1, 0.15) is 0 Å². The number of nitrogens with zero attached hydrogens (tertiary/aromatic N) is 2. The van der Waals surface area contributed by atoms with Crippen LogP contribution in [-0.4, -0.2) is 0 Å². The Balaban J connectivity index is 1.02. The maximum Gasteiger partial charge on any atom is 0.159 e. The molecule has 0 aliphatic rings. The summed E-state index contributed by atoms with van der Waals surface area (Å²) in [6.07, 6.45) is 0. The van der Waals surface area contributed by atoms with Crippen molar-refractivity contribution in [2.24, 2.45) is 0 Å². The lowest BCUT2D eigenvalue weighted by molar-refractivity contribution is 0.665. The summed E-state index contributed by atoms with van der Waals surface area (Å²) in [6, 6.07) is 95.1. The van der Waals surface area contributed by atoms with Crippen molar-refractivity contribution in [1.29, 1.82) is 0 Å². The molecule has 0 N–H and O–H groups in total. The number of furan rings is 4. The molecule has 0 atom stereocenters. The molecule has 0 aliphatic heterocycles. The molecule has 382 valence electrons. The zero-order valence-corrected chi connectivity index (χ0v) is 43.9. The lowest BCUT2D eigenvalue weighted by Crippen LogP contribution is -2.13. The van der Waals surface area contributed by atoms with Crippen LogP contribution in [0.15, 0.2) is 285 Å². The second-order valence-corrected chi connectivity index (χ2v) is 21.4. The van der Waals surface area contributed by atoms with Gasteiger partial charge in [0.05, 0.1) is 34.1 Å². The first-order chi connectivity index (χ1) is 40.7. The van der Waals surface area contributed by atoms with Crippen molar-refractivity contribution in [1.82, 2.24) is 0 Å². The number of fused-ring (bicyclic) bond motifs is 12. The Labute approximate surface area is 468 Å². The first kappa shape index (κ1) is 44.9. The minimum atomic E-state index is 0.785. The standard InChI is InChI=1S/C76H44N2O4/c1-3-19-45(20-4-1)59-43-65(77(61-31-15-27-53-47-23-7-11-35-67(47)79-73(53)61)62-32-16-28-54-48-24-8-12-36-68(48)80-74(54)62)57-42-40-52-60(46-21-5-2-6-22-46)44-66(58-41-39-51(59)71(57)72(52)58)78(63-33-17-29-55-49-25-9-13-37-69(49)81-75(55)63)64-34-18-30-56-50-26-10-14-38-70(50)82-76(56)64/h1-44H. The van der Waals surface area contributed by atoms with E-state index in [1.54, 1.807) is 0 Å². The summed E-state index contributed by atoms with van der Waals surface area (Å²) in [5.74, 6) is 0. The molecule has 0 saturated carbocycles. The van der Waals surface area contributed by atoms with Crippen LogP contribution < -0.4 is 9.80 Å². The summed E-state index contributed by atoms with van der Waals surface area (Å²) in [4.78, 5) is 4.78. The van der Waals surface area contributed by atoms with Gasteiger partial charge in [-0.25, -0.2) is 0 Å². The summed E-state index contributed by atoms with van der Waals surface area (Å²) in [5.41, 5.74) is 16.4. The zero-order chi connectivity index (χ0) is 53.6. The second kappa shape index (κ2) is 17.2. The third-order valence-corrected chi connectivity index (χ3v) is 17.0. The number of rotatable bonds is 8. The van der Waals surface area contributed by atoms with E-state index in [9.17, 15) is 0 Å². The largest absolute Gasteiger partial charge is 0.454 e. The first-order valence-corrected chi connectivity index (χ1v) is 27.8. The predicted molar refractivity (Wildman–Crippen MR) is 339 cm³/mol. The summed E-state index contributed by atoms with van der Waals surface area (Å²) < 4.78 is 28.1. The Morgan fingerprint density at radius 3 is 0.780 bits per heavy atom. The summed E-state index contributed by atoms with van der Waals surface area (Å²) in [7, 11) is 0. The van der Waals surface area contributed by atoms with E-state index in [-0.39, 0.29) is 0 Å². The van der Waals surface area contributed by atoms with Gasteiger partial charge in [-0.1, -0.05) is 206 Å². The summed E-state index contributed by atoms with van der Waals surface area (Å²) in [6.45, 7) is 0. The fraction of sp³-hybridized carbons (Fsp3) is 0. The number of hydrogen-bond donors (Lipinski definition) is 0. The zero-order valence-electron chi connectivity index (χ0n) is 43.9. The molecule has 0 amide bonds. The average molecular weight is 1050 g/mol. The van der Waals surface area contributed by atoms with E-state index in [0.717, 1.165) is 176 Å². The van der Waals surface area contributed by atoms with Crippen LogP contribution in [0.5, 0.6) is 0 Å². The molecule has 4 aromatic heterocycles. The van der Waals surface area contributed by atoms with Crippen LogP contribution >= 0.6 is 0 Å². The Morgan fingerprint density at radius 2 is 0.463 bits per heavy atom. The van der Waals surface area contributed by atoms with Crippen LogP contribution in [0.3, 0.4) is 0 Å². The molecule has 0 radical (unpaired) electrons. The van der Waals surface area contributed by atoms with Gasteiger partial charge in [0.1, 0.15) is 22.3 Å². The van der Waals surface area contributed by atoms with Gasteiger partial charge in [-0.3, -0.25) is 0 Å². The van der Waals surface area contributed by atoms with Gasteiger partial charge >= 0.3 is 0 Å². The molecule has 0 unspecified atom stereocenters. The van der Waals surface area contributed by atoms with Gasteiger partial charge in [0.15, 0.2) is 22.3 Å². The minimum absolute atomic E-state index is 0.785. The molecule has 0 bridgehead atoms. The minimum Gasteiger partial charge on any atom is -0.454 e. The number of anilines is 6. The molecular weight excluding hydrogens is 1000 g/mol. The van der Waals surface area contributed by atoms with E-state index in [0.29, 0.717) is 0 Å². The van der Waals surface area contributed by atoms with E-state index >= 15 is 0 Å². The van der Waals surface area contributed by atoms with Crippen LogP contribution in [0, 0.1) is 0 Å². The normalized spacial score (nSPS) is 12.1. The van der Waals surface area contributed by atoms with Gasteiger partial charge in [0, 0.05) is 64.6 Å². The Hall–Kier alpha value is -11.1. The van der Waals surface area contributed by atoms with Crippen LogP contribution in [0.25, 0.3) is 142 Å². The highest BCUT2D eigenvalue weighted by Gasteiger charge is 2.31. The van der Waals surface area contributed by atoms with Gasteiger partial charge in [-0.15, -0.1) is 0 Å². The molecule has 6 nitrogen and oxygen atoms in total. The molecule has 0 aliphatic carbocycles. The monoisotopic (exact) mass is 1050 g/mol. The molecule has 6 heteroatoms. The average Bonchev–Trinajstić information content (AvgIpc) is 1.38. The van der Waals surface area contributed by atoms with Crippen molar-refractivity contribution in [2.75, 3.05) is 9.80 Å². The lowest BCUT2D eigenvalue weighted by Gasteiger charge is -2.31.